The number of benzene rings is 1. The molecular formula is C22H34N4O4. The predicted molar refractivity (Wildman–Crippen MR) is 115 cm³/mol. The van der Waals surface area contributed by atoms with E-state index < -0.39 is 0 Å². The first-order chi connectivity index (χ1) is 14.6. The summed E-state index contributed by atoms with van der Waals surface area (Å²) in [6.07, 6.45) is 3.35. The minimum Gasteiger partial charge on any atom is -0.493 e. The predicted octanol–water partition coefficient (Wildman–Crippen LogP) is 1.06. The molecule has 0 unspecified atom stereocenters. The lowest BCUT2D eigenvalue weighted by Gasteiger charge is -2.31. The van der Waals surface area contributed by atoms with Gasteiger partial charge in [-0.25, -0.2) is 0 Å². The van der Waals surface area contributed by atoms with Gasteiger partial charge in [0.2, 0.25) is 5.91 Å². The minimum absolute atomic E-state index is 0.00602. The lowest BCUT2D eigenvalue weighted by atomic mass is 10.1. The zero-order valence-corrected chi connectivity index (χ0v) is 18.2. The van der Waals surface area contributed by atoms with Gasteiger partial charge in [0.25, 0.3) is 5.91 Å². The van der Waals surface area contributed by atoms with Gasteiger partial charge < -0.3 is 29.5 Å². The summed E-state index contributed by atoms with van der Waals surface area (Å²) in [5, 5.41) is 3.25. The van der Waals surface area contributed by atoms with Crippen molar-refractivity contribution in [2.75, 3.05) is 73.1 Å². The molecule has 2 heterocycles. The van der Waals surface area contributed by atoms with Gasteiger partial charge in [-0.2, -0.15) is 0 Å². The summed E-state index contributed by atoms with van der Waals surface area (Å²) in [6, 6.07) is 5.14. The Morgan fingerprint density at radius 2 is 1.73 bits per heavy atom. The third kappa shape index (κ3) is 5.86. The molecule has 2 fully saturated rings. The van der Waals surface area contributed by atoms with Crippen molar-refractivity contribution in [3.05, 3.63) is 23.8 Å². The van der Waals surface area contributed by atoms with Crippen molar-refractivity contribution < 1.29 is 19.1 Å². The molecule has 166 valence electrons. The van der Waals surface area contributed by atoms with Crippen LogP contribution in [0.5, 0.6) is 11.5 Å². The molecule has 0 radical (unpaired) electrons. The molecule has 1 aromatic rings. The minimum atomic E-state index is -0.152. The zero-order valence-electron chi connectivity index (χ0n) is 18.2. The molecule has 2 aliphatic heterocycles. The van der Waals surface area contributed by atoms with Crippen molar-refractivity contribution in [2.24, 2.45) is 0 Å². The van der Waals surface area contributed by atoms with Gasteiger partial charge >= 0.3 is 0 Å². The summed E-state index contributed by atoms with van der Waals surface area (Å²) in [7, 11) is 3.12. The van der Waals surface area contributed by atoms with E-state index in [0.29, 0.717) is 36.7 Å². The second-order valence-electron chi connectivity index (χ2n) is 7.83. The Balaban J connectivity index is 1.69. The number of nitrogens with zero attached hydrogens (tertiary/aromatic N) is 3. The number of nitrogens with one attached hydrogen (secondary N) is 1. The molecule has 1 aromatic carbocycles. The molecule has 8 nitrogen and oxygen atoms in total. The normalized spacial score (nSPS) is 17.1. The maximum Gasteiger partial charge on any atom is 0.254 e. The van der Waals surface area contributed by atoms with Crippen LogP contribution in [0.1, 0.15) is 29.6 Å². The van der Waals surface area contributed by atoms with Crippen LogP contribution in [0.3, 0.4) is 0 Å². The Morgan fingerprint density at radius 1 is 1.03 bits per heavy atom. The SMILES string of the molecule is COc1ccc(C(=O)N(CCCN2CCCC2)CC(=O)N2CCNCC2)cc1OC. The molecule has 0 saturated carbocycles. The van der Waals surface area contributed by atoms with Gasteiger partial charge in [-0.3, -0.25) is 9.59 Å². The van der Waals surface area contributed by atoms with E-state index in [1.807, 2.05) is 4.90 Å². The summed E-state index contributed by atoms with van der Waals surface area (Å²) in [6.45, 7) is 6.84. The van der Waals surface area contributed by atoms with E-state index in [1.54, 1.807) is 37.3 Å². The molecule has 8 heteroatoms. The third-order valence-electron chi connectivity index (χ3n) is 5.81. The van der Waals surface area contributed by atoms with Crippen LogP contribution in [-0.2, 0) is 4.79 Å². The van der Waals surface area contributed by atoms with Gasteiger partial charge in [0.1, 0.15) is 6.54 Å². The molecule has 2 saturated heterocycles. The quantitative estimate of drug-likeness (QED) is 0.647. The van der Waals surface area contributed by atoms with Crippen LogP contribution in [-0.4, -0.2) is 99.6 Å². The number of carbonyl (C=O) groups excluding carboxylic acids is 2. The summed E-state index contributed by atoms with van der Waals surface area (Å²) in [5.41, 5.74) is 0.502. The van der Waals surface area contributed by atoms with E-state index in [9.17, 15) is 9.59 Å². The number of methoxy groups -OCH3 is 2. The first-order valence-corrected chi connectivity index (χ1v) is 10.8. The summed E-state index contributed by atoms with van der Waals surface area (Å²) in [5.74, 6) is 0.938. The standard InChI is InChI=1S/C22H34N4O4/c1-29-19-7-6-18(16-20(19)30-2)22(28)26(13-5-12-24-10-3-4-11-24)17-21(27)25-14-8-23-9-15-25/h6-7,16,23H,3-5,8-15,17H2,1-2H3. The van der Waals surface area contributed by atoms with Gasteiger partial charge in [0, 0.05) is 38.3 Å². The van der Waals surface area contributed by atoms with Crippen LogP contribution in [0, 0.1) is 0 Å². The fourth-order valence-electron chi connectivity index (χ4n) is 4.07. The van der Waals surface area contributed by atoms with Gasteiger partial charge in [0.05, 0.1) is 14.2 Å². The monoisotopic (exact) mass is 418 g/mol. The van der Waals surface area contributed by atoms with Crippen LogP contribution in [0.2, 0.25) is 0 Å². The van der Waals surface area contributed by atoms with Gasteiger partial charge in [0.15, 0.2) is 11.5 Å². The van der Waals surface area contributed by atoms with Crippen LogP contribution in [0.4, 0.5) is 0 Å². The molecule has 3 rings (SSSR count). The first kappa shape index (κ1) is 22.4. The van der Waals surface area contributed by atoms with Crippen molar-refractivity contribution >= 4 is 11.8 Å². The smallest absolute Gasteiger partial charge is 0.254 e. The van der Waals surface area contributed by atoms with Crippen molar-refractivity contribution in [1.29, 1.82) is 0 Å². The Labute approximate surface area is 179 Å². The van der Waals surface area contributed by atoms with E-state index in [0.717, 1.165) is 39.1 Å². The van der Waals surface area contributed by atoms with Gasteiger partial charge in [-0.05, 0) is 57.1 Å². The number of hydrogen-bond acceptors (Lipinski definition) is 6. The molecule has 0 bridgehead atoms. The zero-order chi connectivity index (χ0) is 21.3. The molecular weight excluding hydrogens is 384 g/mol. The van der Waals surface area contributed by atoms with Crippen molar-refractivity contribution in [3.63, 3.8) is 0 Å². The number of carbonyl (C=O) groups is 2. The third-order valence-corrected chi connectivity index (χ3v) is 5.81. The van der Waals surface area contributed by atoms with Crippen LogP contribution in [0.25, 0.3) is 0 Å². The highest BCUT2D eigenvalue weighted by Crippen LogP contribution is 2.28. The Morgan fingerprint density at radius 3 is 2.40 bits per heavy atom. The maximum atomic E-state index is 13.3. The molecule has 0 aromatic heterocycles. The molecule has 1 N–H and O–H groups in total. The molecule has 2 aliphatic rings. The van der Waals surface area contributed by atoms with E-state index in [2.05, 4.69) is 10.2 Å². The number of rotatable bonds is 9. The average Bonchev–Trinajstić information content (AvgIpc) is 3.31. The van der Waals surface area contributed by atoms with Crippen LogP contribution < -0.4 is 14.8 Å². The van der Waals surface area contributed by atoms with E-state index in [4.69, 9.17) is 9.47 Å². The van der Waals surface area contributed by atoms with Gasteiger partial charge in [-0.15, -0.1) is 0 Å². The highest BCUT2D eigenvalue weighted by Gasteiger charge is 2.24. The largest absolute Gasteiger partial charge is 0.493 e. The summed E-state index contributed by atoms with van der Waals surface area (Å²) >= 11 is 0. The number of hydrogen-bond donors (Lipinski definition) is 1. The number of likely N-dealkylation sites (tertiary alicyclic amines) is 1. The van der Waals surface area contributed by atoms with E-state index in [-0.39, 0.29) is 18.4 Å². The molecule has 2 amide bonds. The molecule has 0 atom stereocenters. The number of piperazine rings is 1. The molecule has 0 aliphatic carbocycles. The summed E-state index contributed by atoms with van der Waals surface area (Å²) < 4.78 is 10.6. The lowest BCUT2D eigenvalue weighted by molar-refractivity contribution is -0.132. The fraction of sp³-hybridized carbons (Fsp3) is 0.636. The highest BCUT2D eigenvalue weighted by atomic mass is 16.5. The number of amides is 2. The summed E-state index contributed by atoms with van der Waals surface area (Å²) in [4.78, 5) is 32.1. The van der Waals surface area contributed by atoms with E-state index >= 15 is 0 Å². The Kier molecular flexibility index (Phi) is 8.33. The second kappa shape index (κ2) is 11.2. The average molecular weight is 419 g/mol. The lowest BCUT2D eigenvalue weighted by Crippen LogP contribution is -2.50. The Bertz CT molecular complexity index is 715. The highest BCUT2D eigenvalue weighted by molar-refractivity contribution is 5.97. The second-order valence-corrected chi connectivity index (χ2v) is 7.83. The molecule has 0 spiro atoms. The maximum absolute atomic E-state index is 13.3. The topological polar surface area (TPSA) is 74.4 Å². The van der Waals surface area contributed by atoms with Crippen LogP contribution in [0.15, 0.2) is 18.2 Å². The van der Waals surface area contributed by atoms with Crippen LogP contribution >= 0.6 is 0 Å². The van der Waals surface area contributed by atoms with Crippen molar-refractivity contribution in [3.8, 4) is 11.5 Å². The van der Waals surface area contributed by atoms with Crippen molar-refractivity contribution in [1.82, 2.24) is 20.0 Å². The number of ether oxygens (including phenoxy) is 2. The fourth-order valence-corrected chi connectivity index (χ4v) is 4.07. The Hall–Kier alpha value is -2.32. The van der Waals surface area contributed by atoms with Gasteiger partial charge in [-0.1, -0.05) is 0 Å². The van der Waals surface area contributed by atoms with E-state index in [1.165, 1.54) is 12.8 Å². The first-order valence-electron chi connectivity index (χ1n) is 10.8. The molecule has 30 heavy (non-hydrogen) atoms. The van der Waals surface area contributed by atoms with Crippen molar-refractivity contribution in [2.45, 2.75) is 19.3 Å².